The molecule has 0 bridgehead atoms. The molecule has 1 aromatic carbocycles. The Labute approximate surface area is 93.3 Å². The number of carboxylic acid groups (broad SMARTS) is 1. The monoisotopic (exact) mass is 225 g/mol. The molecule has 1 aliphatic rings. The van der Waals surface area contributed by atoms with E-state index >= 15 is 0 Å². The molecule has 1 atom stereocenters. The third-order valence-corrected chi connectivity index (χ3v) is 3.13. The number of hydrogen-bond donors (Lipinski definition) is 1. The topological polar surface area (TPSA) is 40.5 Å². The normalized spacial score (nSPS) is 19.9. The van der Waals surface area contributed by atoms with Crippen molar-refractivity contribution in [2.45, 2.75) is 12.3 Å². The summed E-state index contributed by atoms with van der Waals surface area (Å²) in [6.07, 6.45) is 0.638. The first-order valence-corrected chi connectivity index (χ1v) is 5.21. The van der Waals surface area contributed by atoms with Crippen LogP contribution in [0.3, 0.4) is 0 Å². The van der Waals surface area contributed by atoms with Crippen molar-refractivity contribution in [3.63, 3.8) is 0 Å². The van der Waals surface area contributed by atoms with Crippen LogP contribution in [0, 0.1) is 0 Å². The number of benzene rings is 1. The smallest absolute Gasteiger partial charge is 0.311 e. The zero-order valence-corrected chi connectivity index (χ0v) is 9.16. The van der Waals surface area contributed by atoms with E-state index < -0.39 is 11.9 Å². The van der Waals surface area contributed by atoms with Gasteiger partial charge in [0.15, 0.2) is 0 Å². The number of carbonyl (C=O) groups is 1. The van der Waals surface area contributed by atoms with E-state index in [1.807, 2.05) is 18.0 Å². The SMILES string of the molecule is CN1CCC(C(=O)O)c2cccc(Cl)c21. The minimum Gasteiger partial charge on any atom is -0.481 e. The van der Waals surface area contributed by atoms with Crippen molar-refractivity contribution in [2.24, 2.45) is 0 Å². The number of halogens is 1. The summed E-state index contributed by atoms with van der Waals surface area (Å²) in [7, 11) is 1.93. The molecule has 0 radical (unpaired) electrons. The summed E-state index contributed by atoms with van der Waals surface area (Å²) in [6, 6.07) is 5.44. The maximum Gasteiger partial charge on any atom is 0.311 e. The van der Waals surface area contributed by atoms with Crippen LogP contribution in [0.25, 0.3) is 0 Å². The van der Waals surface area contributed by atoms with Crippen molar-refractivity contribution in [2.75, 3.05) is 18.5 Å². The Morgan fingerprint density at radius 1 is 1.60 bits per heavy atom. The second-order valence-electron chi connectivity index (χ2n) is 3.78. The quantitative estimate of drug-likeness (QED) is 0.798. The highest BCUT2D eigenvalue weighted by Gasteiger charge is 2.29. The van der Waals surface area contributed by atoms with Gasteiger partial charge >= 0.3 is 5.97 Å². The van der Waals surface area contributed by atoms with Crippen molar-refractivity contribution < 1.29 is 9.90 Å². The molecule has 1 N–H and O–H groups in total. The summed E-state index contributed by atoms with van der Waals surface area (Å²) in [5.41, 5.74) is 1.68. The Morgan fingerprint density at radius 2 is 2.33 bits per heavy atom. The molecule has 15 heavy (non-hydrogen) atoms. The van der Waals surface area contributed by atoms with Gasteiger partial charge in [-0.1, -0.05) is 23.7 Å². The minimum atomic E-state index is -0.772. The van der Waals surface area contributed by atoms with Crippen LogP contribution >= 0.6 is 11.6 Å². The van der Waals surface area contributed by atoms with Crippen LogP contribution in [-0.4, -0.2) is 24.7 Å². The van der Waals surface area contributed by atoms with Gasteiger partial charge in [0.05, 0.1) is 16.6 Å². The van der Waals surface area contributed by atoms with E-state index in [-0.39, 0.29) is 0 Å². The maximum absolute atomic E-state index is 11.1. The van der Waals surface area contributed by atoms with E-state index in [0.717, 1.165) is 17.8 Å². The Hall–Kier alpha value is -1.22. The lowest BCUT2D eigenvalue weighted by Gasteiger charge is -2.31. The van der Waals surface area contributed by atoms with Gasteiger partial charge < -0.3 is 10.0 Å². The van der Waals surface area contributed by atoms with Crippen molar-refractivity contribution in [1.82, 2.24) is 0 Å². The molecule has 0 aliphatic carbocycles. The summed E-state index contributed by atoms with van der Waals surface area (Å²) < 4.78 is 0. The second-order valence-corrected chi connectivity index (χ2v) is 4.19. The van der Waals surface area contributed by atoms with Crippen molar-refractivity contribution in [3.8, 4) is 0 Å². The first kappa shape index (κ1) is 10.3. The molecule has 0 spiro atoms. The molecular weight excluding hydrogens is 214 g/mol. The van der Waals surface area contributed by atoms with Crippen LogP contribution in [-0.2, 0) is 4.79 Å². The predicted molar refractivity (Wildman–Crippen MR) is 59.7 cm³/mol. The Bertz CT molecular complexity index is 406. The zero-order valence-electron chi connectivity index (χ0n) is 8.40. The summed E-state index contributed by atoms with van der Waals surface area (Å²) in [5, 5.41) is 9.73. The third kappa shape index (κ3) is 1.67. The third-order valence-electron chi connectivity index (χ3n) is 2.83. The summed E-state index contributed by atoms with van der Waals surface area (Å²) in [6.45, 7) is 0.730. The number of anilines is 1. The number of aliphatic carboxylic acids is 1. The van der Waals surface area contributed by atoms with Crippen LogP contribution < -0.4 is 4.90 Å². The molecule has 3 nitrogen and oxygen atoms in total. The number of carboxylic acids is 1. The number of para-hydroxylation sites is 1. The van der Waals surface area contributed by atoms with E-state index in [2.05, 4.69) is 0 Å². The highest BCUT2D eigenvalue weighted by atomic mass is 35.5. The molecule has 2 rings (SSSR count). The fourth-order valence-electron chi connectivity index (χ4n) is 2.06. The van der Waals surface area contributed by atoms with Gasteiger partial charge in [-0.05, 0) is 18.1 Å². The van der Waals surface area contributed by atoms with Crippen LogP contribution in [0.2, 0.25) is 5.02 Å². The molecule has 1 aromatic rings. The molecule has 0 saturated carbocycles. The highest BCUT2D eigenvalue weighted by molar-refractivity contribution is 6.33. The number of nitrogens with zero attached hydrogens (tertiary/aromatic N) is 1. The first-order valence-electron chi connectivity index (χ1n) is 4.83. The van der Waals surface area contributed by atoms with E-state index in [4.69, 9.17) is 16.7 Å². The average molecular weight is 226 g/mol. The van der Waals surface area contributed by atoms with E-state index in [9.17, 15) is 4.79 Å². The fourth-order valence-corrected chi connectivity index (χ4v) is 2.39. The summed E-state index contributed by atoms with van der Waals surface area (Å²) in [4.78, 5) is 13.1. The van der Waals surface area contributed by atoms with Crippen molar-refractivity contribution in [3.05, 3.63) is 28.8 Å². The van der Waals surface area contributed by atoms with E-state index in [1.54, 1.807) is 12.1 Å². The lowest BCUT2D eigenvalue weighted by atomic mass is 9.90. The minimum absolute atomic E-state index is 0.421. The van der Waals surface area contributed by atoms with Gasteiger partial charge in [0, 0.05) is 13.6 Å². The lowest BCUT2D eigenvalue weighted by Crippen LogP contribution is -2.30. The van der Waals surface area contributed by atoms with Gasteiger partial charge in [0.2, 0.25) is 0 Å². The molecule has 80 valence electrons. The van der Waals surface area contributed by atoms with Crippen LogP contribution in [0.15, 0.2) is 18.2 Å². The second kappa shape index (κ2) is 3.74. The number of rotatable bonds is 1. The maximum atomic E-state index is 11.1. The largest absolute Gasteiger partial charge is 0.481 e. The van der Waals surface area contributed by atoms with E-state index in [1.165, 1.54) is 0 Å². The number of hydrogen-bond acceptors (Lipinski definition) is 2. The lowest BCUT2D eigenvalue weighted by molar-refractivity contribution is -0.139. The molecule has 0 amide bonds. The van der Waals surface area contributed by atoms with Gasteiger partial charge in [-0.15, -0.1) is 0 Å². The predicted octanol–water partition coefficient (Wildman–Crippen LogP) is 2.35. The van der Waals surface area contributed by atoms with Crippen molar-refractivity contribution in [1.29, 1.82) is 0 Å². The van der Waals surface area contributed by atoms with Gasteiger partial charge in [0.1, 0.15) is 0 Å². The molecule has 4 heteroatoms. The average Bonchev–Trinajstić information content (AvgIpc) is 2.17. The standard InChI is InChI=1S/C11H12ClNO2/c1-13-6-5-8(11(14)15)7-3-2-4-9(12)10(7)13/h2-4,8H,5-6H2,1H3,(H,14,15). The molecule has 0 fully saturated rings. The first-order chi connectivity index (χ1) is 7.11. The van der Waals surface area contributed by atoms with Crippen LogP contribution in [0.1, 0.15) is 17.9 Å². The van der Waals surface area contributed by atoms with Crippen molar-refractivity contribution >= 4 is 23.3 Å². The highest BCUT2D eigenvalue weighted by Crippen LogP contribution is 2.39. The number of fused-ring (bicyclic) bond motifs is 1. The summed E-state index contributed by atoms with van der Waals surface area (Å²) >= 11 is 6.07. The van der Waals surface area contributed by atoms with Gasteiger partial charge in [-0.3, -0.25) is 4.79 Å². The molecule has 1 aliphatic heterocycles. The molecule has 0 aromatic heterocycles. The van der Waals surface area contributed by atoms with E-state index in [0.29, 0.717) is 11.4 Å². The Morgan fingerprint density at radius 3 is 3.00 bits per heavy atom. The van der Waals surface area contributed by atoms with Gasteiger partial charge in [0.25, 0.3) is 0 Å². The zero-order chi connectivity index (χ0) is 11.0. The van der Waals surface area contributed by atoms with Gasteiger partial charge in [-0.2, -0.15) is 0 Å². The molecular formula is C11H12ClNO2. The Balaban J connectivity index is 2.55. The van der Waals surface area contributed by atoms with Crippen LogP contribution in [0.4, 0.5) is 5.69 Å². The Kier molecular flexibility index (Phi) is 2.57. The molecule has 1 unspecified atom stereocenters. The summed E-state index contributed by atoms with van der Waals surface area (Å²) in [5.74, 6) is -1.19. The fraction of sp³-hybridized carbons (Fsp3) is 0.364. The molecule has 0 saturated heterocycles. The molecule has 1 heterocycles. The van der Waals surface area contributed by atoms with Crippen LogP contribution in [0.5, 0.6) is 0 Å². The van der Waals surface area contributed by atoms with Gasteiger partial charge in [-0.25, -0.2) is 0 Å².